The Morgan fingerprint density at radius 2 is 2.42 bits per heavy atom. The summed E-state index contributed by atoms with van der Waals surface area (Å²) in [4.78, 5) is 10.8. The molecule has 2 aliphatic rings. The standard InChI is InChI=1S/C8H10N2O2/c9-8(11)5-1-2-6-7(3-5)12-4-10-6/h3,10H,1-2,4H2,(H2,9,11). The fourth-order valence-corrected chi connectivity index (χ4v) is 1.40. The molecule has 0 radical (unpaired) electrons. The smallest absolute Gasteiger partial charge is 0.244 e. The number of hydrogen-bond donors (Lipinski definition) is 2. The molecule has 1 heterocycles. The second-order valence-electron chi connectivity index (χ2n) is 2.84. The number of amides is 1. The fraction of sp³-hybridized carbons (Fsp3) is 0.375. The molecule has 3 N–H and O–H groups in total. The quantitative estimate of drug-likeness (QED) is 0.575. The third-order valence-corrected chi connectivity index (χ3v) is 2.08. The predicted octanol–water partition coefficient (Wildman–Crippen LogP) is -0.0192. The normalized spacial score (nSPS) is 20.8. The summed E-state index contributed by atoms with van der Waals surface area (Å²) >= 11 is 0. The average molecular weight is 166 g/mol. The summed E-state index contributed by atoms with van der Waals surface area (Å²) < 4.78 is 5.22. The summed E-state index contributed by atoms with van der Waals surface area (Å²) in [5, 5.41) is 3.08. The molecule has 1 amide bonds. The van der Waals surface area contributed by atoms with E-state index in [4.69, 9.17) is 10.5 Å². The molecule has 1 aliphatic heterocycles. The molecule has 0 fully saturated rings. The largest absolute Gasteiger partial charge is 0.472 e. The van der Waals surface area contributed by atoms with Gasteiger partial charge in [-0.25, -0.2) is 0 Å². The minimum atomic E-state index is -0.350. The molecule has 4 heteroatoms. The lowest BCUT2D eigenvalue weighted by Gasteiger charge is -2.10. The van der Waals surface area contributed by atoms with E-state index < -0.39 is 0 Å². The molecule has 0 saturated heterocycles. The van der Waals surface area contributed by atoms with Gasteiger partial charge in [-0.2, -0.15) is 0 Å². The van der Waals surface area contributed by atoms with Gasteiger partial charge in [0.2, 0.25) is 5.91 Å². The van der Waals surface area contributed by atoms with Crippen LogP contribution in [-0.4, -0.2) is 12.6 Å². The van der Waals surface area contributed by atoms with E-state index >= 15 is 0 Å². The average Bonchev–Trinajstić information content (AvgIpc) is 2.49. The van der Waals surface area contributed by atoms with Crippen LogP contribution < -0.4 is 11.1 Å². The molecule has 0 unspecified atom stereocenters. The topological polar surface area (TPSA) is 64.4 Å². The van der Waals surface area contributed by atoms with Crippen LogP contribution in [0, 0.1) is 0 Å². The Morgan fingerprint density at radius 3 is 3.17 bits per heavy atom. The van der Waals surface area contributed by atoms with Crippen molar-refractivity contribution in [1.82, 2.24) is 5.32 Å². The van der Waals surface area contributed by atoms with E-state index in [0.717, 1.165) is 17.9 Å². The summed E-state index contributed by atoms with van der Waals surface area (Å²) in [5.41, 5.74) is 6.88. The number of hydrogen-bond acceptors (Lipinski definition) is 3. The second kappa shape index (κ2) is 2.55. The van der Waals surface area contributed by atoms with Crippen LogP contribution in [0.3, 0.4) is 0 Å². The maximum Gasteiger partial charge on any atom is 0.244 e. The Morgan fingerprint density at radius 1 is 1.58 bits per heavy atom. The number of primary amides is 1. The summed E-state index contributed by atoms with van der Waals surface area (Å²) in [5.74, 6) is 0.423. The van der Waals surface area contributed by atoms with E-state index in [1.807, 2.05) is 0 Å². The lowest BCUT2D eigenvalue weighted by Crippen LogP contribution is -2.17. The van der Waals surface area contributed by atoms with Crippen LogP contribution in [0.4, 0.5) is 0 Å². The number of allylic oxidation sites excluding steroid dienone is 2. The molecule has 0 spiro atoms. The van der Waals surface area contributed by atoms with Crippen LogP contribution >= 0.6 is 0 Å². The van der Waals surface area contributed by atoms with Gasteiger partial charge in [0.25, 0.3) is 0 Å². The first kappa shape index (κ1) is 7.21. The maximum absolute atomic E-state index is 10.8. The molecule has 0 atom stereocenters. The molecular weight excluding hydrogens is 156 g/mol. The molecule has 0 saturated carbocycles. The molecular formula is C8H10N2O2. The fourth-order valence-electron chi connectivity index (χ4n) is 1.40. The molecule has 0 aromatic rings. The van der Waals surface area contributed by atoms with E-state index in [1.165, 1.54) is 0 Å². The molecule has 12 heavy (non-hydrogen) atoms. The number of nitrogens with two attached hydrogens (primary N) is 1. The van der Waals surface area contributed by atoms with Crippen molar-refractivity contribution in [2.75, 3.05) is 6.73 Å². The minimum Gasteiger partial charge on any atom is -0.472 e. The SMILES string of the molecule is NC(=O)C1=CC2=C(CC1)NCO2. The summed E-state index contributed by atoms with van der Waals surface area (Å²) in [7, 11) is 0. The highest BCUT2D eigenvalue weighted by atomic mass is 16.5. The van der Waals surface area contributed by atoms with Gasteiger partial charge in [0.05, 0.1) is 5.70 Å². The highest BCUT2D eigenvalue weighted by Gasteiger charge is 2.20. The summed E-state index contributed by atoms with van der Waals surface area (Å²) in [6, 6.07) is 0. The Hall–Kier alpha value is -1.45. The zero-order valence-electron chi connectivity index (χ0n) is 6.59. The van der Waals surface area contributed by atoms with Crippen molar-refractivity contribution in [3.05, 3.63) is 23.1 Å². The van der Waals surface area contributed by atoms with E-state index in [1.54, 1.807) is 6.08 Å². The van der Waals surface area contributed by atoms with Gasteiger partial charge < -0.3 is 15.8 Å². The number of carbonyl (C=O) groups is 1. The number of ether oxygens (including phenoxy) is 1. The lowest BCUT2D eigenvalue weighted by atomic mass is 10.0. The van der Waals surface area contributed by atoms with Crippen molar-refractivity contribution < 1.29 is 9.53 Å². The van der Waals surface area contributed by atoms with Crippen LogP contribution in [0.1, 0.15) is 12.8 Å². The van der Waals surface area contributed by atoms with Gasteiger partial charge in [0, 0.05) is 5.57 Å². The van der Waals surface area contributed by atoms with E-state index in [0.29, 0.717) is 18.7 Å². The zero-order chi connectivity index (χ0) is 8.55. The number of nitrogens with one attached hydrogen (secondary N) is 1. The molecule has 0 aromatic heterocycles. The molecule has 64 valence electrons. The zero-order valence-corrected chi connectivity index (χ0v) is 6.59. The minimum absolute atomic E-state index is 0.350. The molecule has 1 aliphatic carbocycles. The van der Waals surface area contributed by atoms with Crippen molar-refractivity contribution >= 4 is 5.91 Å². The van der Waals surface area contributed by atoms with Gasteiger partial charge in [0.1, 0.15) is 5.76 Å². The van der Waals surface area contributed by atoms with Crippen molar-refractivity contribution in [3.8, 4) is 0 Å². The Bertz CT molecular complexity index is 291. The van der Waals surface area contributed by atoms with Gasteiger partial charge in [0.15, 0.2) is 6.73 Å². The van der Waals surface area contributed by atoms with Crippen molar-refractivity contribution in [1.29, 1.82) is 0 Å². The molecule has 4 nitrogen and oxygen atoms in total. The van der Waals surface area contributed by atoms with Crippen LogP contribution in [0.2, 0.25) is 0 Å². The summed E-state index contributed by atoms with van der Waals surface area (Å²) in [6.45, 7) is 0.507. The van der Waals surface area contributed by atoms with Crippen LogP contribution in [0.5, 0.6) is 0 Å². The van der Waals surface area contributed by atoms with Crippen molar-refractivity contribution in [3.63, 3.8) is 0 Å². The molecule has 0 bridgehead atoms. The third kappa shape index (κ3) is 1.05. The van der Waals surface area contributed by atoms with Crippen LogP contribution in [0.15, 0.2) is 23.1 Å². The predicted molar refractivity (Wildman–Crippen MR) is 42.6 cm³/mol. The first-order valence-electron chi connectivity index (χ1n) is 3.87. The summed E-state index contributed by atoms with van der Waals surface area (Å²) in [6.07, 6.45) is 3.26. The van der Waals surface area contributed by atoms with Gasteiger partial charge in [-0.15, -0.1) is 0 Å². The van der Waals surface area contributed by atoms with Crippen molar-refractivity contribution in [2.45, 2.75) is 12.8 Å². The van der Waals surface area contributed by atoms with Crippen molar-refractivity contribution in [2.24, 2.45) is 5.73 Å². The lowest BCUT2D eigenvalue weighted by molar-refractivity contribution is -0.114. The van der Waals surface area contributed by atoms with Crippen LogP contribution in [0.25, 0.3) is 0 Å². The monoisotopic (exact) mass is 166 g/mol. The van der Waals surface area contributed by atoms with E-state index in [-0.39, 0.29) is 5.91 Å². The first-order chi connectivity index (χ1) is 5.77. The van der Waals surface area contributed by atoms with Gasteiger partial charge in [-0.3, -0.25) is 4.79 Å². The first-order valence-corrected chi connectivity index (χ1v) is 3.87. The number of rotatable bonds is 1. The third-order valence-electron chi connectivity index (χ3n) is 2.08. The molecule has 2 rings (SSSR count). The maximum atomic E-state index is 10.8. The highest BCUT2D eigenvalue weighted by Crippen LogP contribution is 2.25. The second-order valence-corrected chi connectivity index (χ2v) is 2.84. The Labute approximate surface area is 70.1 Å². The highest BCUT2D eigenvalue weighted by molar-refractivity contribution is 5.92. The van der Waals surface area contributed by atoms with E-state index in [9.17, 15) is 4.79 Å². The van der Waals surface area contributed by atoms with Gasteiger partial charge in [-0.1, -0.05) is 0 Å². The van der Waals surface area contributed by atoms with Crippen LogP contribution in [-0.2, 0) is 9.53 Å². The Balaban J connectivity index is 2.26. The van der Waals surface area contributed by atoms with Gasteiger partial charge >= 0.3 is 0 Å². The Kier molecular flexibility index (Phi) is 1.53. The van der Waals surface area contributed by atoms with E-state index in [2.05, 4.69) is 5.32 Å². The number of carbonyl (C=O) groups excluding carboxylic acids is 1. The molecule has 0 aromatic carbocycles. The van der Waals surface area contributed by atoms with Gasteiger partial charge in [-0.05, 0) is 18.9 Å².